The number of nitrogens with one attached hydrogen (secondary N) is 1. The van der Waals surface area contributed by atoms with Crippen LogP contribution in [0.15, 0.2) is 77.5 Å². The molecule has 0 aliphatic heterocycles. The van der Waals surface area contributed by atoms with Gasteiger partial charge in [0.2, 0.25) is 11.8 Å². The summed E-state index contributed by atoms with van der Waals surface area (Å²) in [5, 5.41) is 3.46. The van der Waals surface area contributed by atoms with E-state index in [0.717, 1.165) is 11.1 Å². The number of aryl methyl sites for hydroxylation is 1. The maximum absolute atomic E-state index is 12.2. The molecule has 0 unspecified atom stereocenters. The van der Waals surface area contributed by atoms with E-state index < -0.39 is 0 Å². The van der Waals surface area contributed by atoms with Gasteiger partial charge in [-0.1, -0.05) is 35.9 Å². The molecule has 4 aromatic rings. The Morgan fingerprint density at radius 1 is 1.03 bits per heavy atom. The van der Waals surface area contributed by atoms with Crippen molar-refractivity contribution in [2.45, 2.75) is 19.4 Å². The lowest BCUT2D eigenvalue weighted by Gasteiger charge is -2.08. The molecule has 0 spiro atoms. The Hall–Kier alpha value is -3.84. The second kappa shape index (κ2) is 10.7. The van der Waals surface area contributed by atoms with Gasteiger partial charge in [-0.05, 0) is 29.8 Å². The van der Waals surface area contributed by atoms with Gasteiger partial charge in [0.25, 0.3) is 0 Å². The first-order chi connectivity index (χ1) is 16.1. The van der Waals surface area contributed by atoms with Crippen LogP contribution in [0.25, 0.3) is 11.3 Å². The fourth-order valence-corrected chi connectivity index (χ4v) is 3.31. The molecule has 0 aliphatic rings. The molecule has 4 rings (SSSR count). The Morgan fingerprint density at radius 3 is 2.67 bits per heavy atom. The second-order valence-electron chi connectivity index (χ2n) is 7.16. The third-order valence-electron chi connectivity index (χ3n) is 4.81. The Balaban J connectivity index is 1.24. The zero-order valence-corrected chi connectivity index (χ0v) is 18.7. The molecule has 0 aliphatic carbocycles. The highest BCUT2D eigenvalue weighted by Crippen LogP contribution is 2.28. The summed E-state index contributed by atoms with van der Waals surface area (Å²) in [7, 11) is 1.60. The largest absolute Gasteiger partial charge is 0.497 e. The Kier molecular flexibility index (Phi) is 7.22. The number of benzene rings is 2. The third kappa shape index (κ3) is 6.11. The monoisotopic (exact) mass is 463 g/mol. The molecule has 7 nitrogen and oxygen atoms in total. The molecule has 2 aromatic carbocycles. The van der Waals surface area contributed by atoms with Crippen molar-refractivity contribution >= 4 is 17.5 Å². The number of methoxy groups -OCH3 is 1. The van der Waals surface area contributed by atoms with Gasteiger partial charge in [0, 0.05) is 43.3 Å². The zero-order chi connectivity index (χ0) is 23.0. The molecular formula is C25H22ClN3O4. The number of amides is 1. The van der Waals surface area contributed by atoms with E-state index in [2.05, 4.69) is 15.3 Å². The molecule has 0 atom stereocenters. The van der Waals surface area contributed by atoms with Crippen LogP contribution in [0.5, 0.6) is 17.4 Å². The smallest absolute Gasteiger partial charge is 0.220 e. The van der Waals surface area contributed by atoms with Crippen LogP contribution in [0.2, 0.25) is 5.02 Å². The molecule has 0 bridgehead atoms. The van der Waals surface area contributed by atoms with E-state index in [9.17, 15) is 4.79 Å². The molecule has 0 saturated carbocycles. The van der Waals surface area contributed by atoms with Crippen molar-refractivity contribution < 1.29 is 18.7 Å². The SMILES string of the molecule is COc1cccc(Oc2ccc(CNC(=O)CCc3ncc(-c4ccccc4Cl)o3)cn2)c1. The highest BCUT2D eigenvalue weighted by atomic mass is 35.5. The van der Waals surface area contributed by atoms with Crippen molar-refractivity contribution in [1.82, 2.24) is 15.3 Å². The van der Waals surface area contributed by atoms with E-state index in [1.54, 1.807) is 37.7 Å². The summed E-state index contributed by atoms with van der Waals surface area (Å²) in [6.07, 6.45) is 3.93. The van der Waals surface area contributed by atoms with E-state index in [1.807, 2.05) is 42.5 Å². The standard InChI is InChI=1S/C25H22ClN3O4/c1-31-18-5-4-6-19(13-18)32-24-11-9-17(15-28-24)14-27-23(30)10-12-25-29-16-22(33-25)20-7-2-3-8-21(20)26/h2-9,11,13,15-16H,10,12,14H2,1H3,(H,27,30). The fraction of sp³-hybridized carbons (Fsp3) is 0.160. The number of rotatable bonds is 9. The van der Waals surface area contributed by atoms with Gasteiger partial charge in [0.15, 0.2) is 11.7 Å². The van der Waals surface area contributed by atoms with E-state index in [-0.39, 0.29) is 12.3 Å². The van der Waals surface area contributed by atoms with Crippen LogP contribution in [0.4, 0.5) is 0 Å². The number of aromatic nitrogens is 2. The van der Waals surface area contributed by atoms with Gasteiger partial charge in [-0.2, -0.15) is 0 Å². The molecule has 33 heavy (non-hydrogen) atoms. The summed E-state index contributed by atoms with van der Waals surface area (Å²) in [5.41, 5.74) is 1.63. The van der Waals surface area contributed by atoms with Crippen LogP contribution in [-0.4, -0.2) is 23.0 Å². The van der Waals surface area contributed by atoms with Crippen molar-refractivity contribution in [2.24, 2.45) is 0 Å². The predicted molar refractivity (Wildman–Crippen MR) is 124 cm³/mol. The Bertz CT molecular complexity index is 1220. The summed E-state index contributed by atoms with van der Waals surface area (Å²) in [5.74, 6) is 2.75. The van der Waals surface area contributed by atoms with E-state index >= 15 is 0 Å². The minimum Gasteiger partial charge on any atom is -0.497 e. The number of carbonyl (C=O) groups is 1. The average Bonchev–Trinajstić information content (AvgIpc) is 3.31. The van der Waals surface area contributed by atoms with Crippen molar-refractivity contribution in [3.63, 3.8) is 0 Å². The van der Waals surface area contributed by atoms with Crippen molar-refractivity contribution in [3.8, 4) is 28.7 Å². The summed E-state index contributed by atoms with van der Waals surface area (Å²) in [6, 6.07) is 18.3. The second-order valence-corrected chi connectivity index (χ2v) is 7.57. The summed E-state index contributed by atoms with van der Waals surface area (Å²) >= 11 is 6.19. The number of carbonyl (C=O) groups excluding carboxylic acids is 1. The molecule has 0 fully saturated rings. The normalized spacial score (nSPS) is 10.6. The summed E-state index contributed by atoms with van der Waals surface area (Å²) in [6.45, 7) is 0.363. The maximum atomic E-state index is 12.2. The van der Waals surface area contributed by atoms with E-state index in [1.165, 1.54) is 0 Å². The minimum absolute atomic E-state index is 0.107. The molecule has 2 heterocycles. The first-order valence-electron chi connectivity index (χ1n) is 10.3. The van der Waals surface area contributed by atoms with E-state index in [0.29, 0.717) is 47.0 Å². The number of pyridine rings is 1. The van der Waals surface area contributed by atoms with Gasteiger partial charge in [0.05, 0.1) is 18.3 Å². The molecular weight excluding hydrogens is 442 g/mol. The summed E-state index contributed by atoms with van der Waals surface area (Å²) < 4.78 is 16.6. The van der Waals surface area contributed by atoms with Crippen LogP contribution in [0.3, 0.4) is 0 Å². The van der Waals surface area contributed by atoms with Crippen LogP contribution in [0, 0.1) is 0 Å². The molecule has 2 aromatic heterocycles. The van der Waals surface area contributed by atoms with Crippen molar-refractivity contribution in [2.75, 3.05) is 7.11 Å². The number of ether oxygens (including phenoxy) is 2. The lowest BCUT2D eigenvalue weighted by atomic mass is 10.2. The topological polar surface area (TPSA) is 86.5 Å². The number of nitrogens with zero attached hydrogens (tertiary/aromatic N) is 2. The van der Waals surface area contributed by atoms with Gasteiger partial charge < -0.3 is 19.2 Å². The first kappa shape index (κ1) is 22.4. The number of hydrogen-bond donors (Lipinski definition) is 1. The van der Waals surface area contributed by atoms with Gasteiger partial charge in [0.1, 0.15) is 11.5 Å². The van der Waals surface area contributed by atoms with Gasteiger partial charge >= 0.3 is 0 Å². The molecule has 1 N–H and O–H groups in total. The van der Waals surface area contributed by atoms with Gasteiger partial charge in [-0.15, -0.1) is 0 Å². The lowest BCUT2D eigenvalue weighted by Crippen LogP contribution is -2.23. The highest BCUT2D eigenvalue weighted by molar-refractivity contribution is 6.33. The summed E-state index contributed by atoms with van der Waals surface area (Å²) in [4.78, 5) is 20.8. The average molecular weight is 464 g/mol. The highest BCUT2D eigenvalue weighted by Gasteiger charge is 2.11. The molecule has 168 valence electrons. The molecule has 8 heteroatoms. The number of hydrogen-bond acceptors (Lipinski definition) is 6. The van der Waals surface area contributed by atoms with Crippen LogP contribution < -0.4 is 14.8 Å². The first-order valence-corrected chi connectivity index (χ1v) is 10.7. The Labute approximate surface area is 196 Å². The predicted octanol–water partition coefficient (Wildman–Crippen LogP) is 5.44. The van der Waals surface area contributed by atoms with Crippen LogP contribution in [0.1, 0.15) is 17.9 Å². The van der Waals surface area contributed by atoms with Crippen LogP contribution in [-0.2, 0) is 17.8 Å². The zero-order valence-electron chi connectivity index (χ0n) is 18.0. The molecule has 0 radical (unpaired) electrons. The minimum atomic E-state index is -0.107. The number of oxazole rings is 1. The fourth-order valence-electron chi connectivity index (χ4n) is 3.08. The van der Waals surface area contributed by atoms with Crippen LogP contribution >= 0.6 is 11.6 Å². The Morgan fingerprint density at radius 2 is 1.88 bits per heavy atom. The van der Waals surface area contributed by atoms with Crippen molar-refractivity contribution in [3.05, 3.63) is 89.5 Å². The third-order valence-corrected chi connectivity index (χ3v) is 5.14. The van der Waals surface area contributed by atoms with Crippen molar-refractivity contribution in [1.29, 1.82) is 0 Å². The van der Waals surface area contributed by atoms with Gasteiger partial charge in [-0.3, -0.25) is 4.79 Å². The molecule has 1 amide bonds. The van der Waals surface area contributed by atoms with Gasteiger partial charge in [-0.25, -0.2) is 9.97 Å². The molecule has 0 saturated heterocycles. The van der Waals surface area contributed by atoms with E-state index in [4.69, 9.17) is 25.5 Å². The maximum Gasteiger partial charge on any atom is 0.220 e. The quantitative estimate of drug-likeness (QED) is 0.355. The lowest BCUT2D eigenvalue weighted by molar-refractivity contribution is -0.121. The number of halogens is 1.